The topological polar surface area (TPSA) is 71.6 Å². The summed E-state index contributed by atoms with van der Waals surface area (Å²) in [5.41, 5.74) is 1.68. The van der Waals surface area contributed by atoms with E-state index in [9.17, 15) is 9.90 Å². The van der Waals surface area contributed by atoms with Crippen molar-refractivity contribution in [1.29, 1.82) is 0 Å². The van der Waals surface area contributed by atoms with E-state index in [1.165, 1.54) is 5.57 Å². The van der Waals surface area contributed by atoms with E-state index in [0.29, 0.717) is 35.9 Å². The number of aliphatic hydroxyl groups is 1. The third kappa shape index (κ3) is 4.93. The molecule has 35 heavy (non-hydrogen) atoms. The van der Waals surface area contributed by atoms with E-state index < -0.39 is 11.5 Å². The summed E-state index contributed by atoms with van der Waals surface area (Å²) in [6.45, 7) is 18.5. The van der Waals surface area contributed by atoms with E-state index in [2.05, 4.69) is 45.9 Å². The van der Waals surface area contributed by atoms with Crippen molar-refractivity contribution in [3.05, 3.63) is 35.5 Å². The van der Waals surface area contributed by atoms with Crippen molar-refractivity contribution in [2.24, 2.45) is 35.0 Å². The summed E-state index contributed by atoms with van der Waals surface area (Å²) < 4.78 is 18.0. The highest BCUT2D eigenvalue weighted by Gasteiger charge is 2.72. The number of rotatable bonds is 7. The van der Waals surface area contributed by atoms with Gasteiger partial charge in [-0.2, -0.15) is 0 Å². The molecule has 4 aliphatic rings. The van der Waals surface area contributed by atoms with E-state index in [1.54, 1.807) is 0 Å². The number of hydrogen-bond donors (Lipinski definition) is 1. The molecule has 2 aliphatic carbocycles. The van der Waals surface area contributed by atoms with Crippen LogP contribution in [0.1, 0.15) is 75.2 Å². The summed E-state index contributed by atoms with van der Waals surface area (Å²) in [4.78, 5) is 12.1. The fourth-order valence-electron chi connectivity index (χ4n) is 6.80. The minimum absolute atomic E-state index is 0.0535. The highest BCUT2D eigenvalue weighted by molar-refractivity contribution is 5.75. The summed E-state index contributed by atoms with van der Waals surface area (Å²) in [6, 6.07) is 0. The standard InChI is InChI=1S/C30H46O5/c1-10-17(2)24-20(21-14-23-29(8,34-23)15-22(21)26-30(24,9)35-26)13-11-12-18(3)25(31)19(4)16-33-27(32)28(5,6)7/h10-13,19-26,31H,14-16H2,1-9H3/b13-11+,17-10+,18-12+/t19-,20-,21-,22+,23-,24-,25+,26-,29+,30+/m0/s1. The van der Waals surface area contributed by atoms with Gasteiger partial charge in [-0.1, -0.05) is 36.8 Å². The van der Waals surface area contributed by atoms with Crippen LogP contribution in [0.25, 0.3) is 0 Å². The number of carbonyl (C=O) groups is 1. The van der Waals surface area contributed by atoms with Crippen LogP contribution < -0.4 is 0 Å². The maximum absolute atomic E-state index is 12.1. The van der Waals surface area contributed by atoms with Crippen molar-refractivity contribution in [3.8, 4) is 0 Å². The maximum atomic E-state index is 12.1. The van der Waals surface area contributed by atoms with Crippen LogP contribution in [0.3, 0.4) is 0 Å². The van der Waals surface area contributed by atoms with Gasteiger partial charge in [0.2, 0.25) is 0 Å². The van der Waals surface area contributed by atoms with Gasteiger partial charge in [0.15, 0.2) is 0 Å². The zero-order valence-electron chi connectivity index (χ0n) is 23.1. The van der Waals surface area contributed by atoms with Crippen molar-refractivity contribution in [3.63, 3.8) is 0 Å². The Morgan fingerprint density at radius 2 is 1.89 bits per heavy atom. The first-order valence-electron chi connectivity index (χ1n) is 13.4. The zero-order chi connectivity index (χ0) is 25.9. The summed E-state index contributed by atoms with van der Waals surface area (Å²) in [5.74, 6) is 1.39. The molecule has 0 spiro atoms. The number of ether oxygens (including phenoxy) is 3. The van der Waals surface area contributed by atoms with Crippen molar-refractivity contribution in [2.75, 3.05) is 6.61 Å². The molecular formula is C30H46O5. The molecule has 0 bridgehead atoms. The molecule has 0 aromatic rings. The van der Waals surface area contributed by atoms with Gasteiger partial charge in [0.05, 0.1) is 41.5 Å². The van der Waals surface area contributed by atoms with Gasteiger partial charge < -0.3 is 19.3 Å². The second kappa shape index (κ2) is 9.15. The van der Waals surface area contributed by atoms with Gasteiger partial charge in [-0.3, -0.25) is 4.79 Å². The van der Waals surface area contributed by atoms with Gasteiger partial charge in [-0.05, 0) is 91.6 Å². The Morgan fingerprint density at radius 1 is 1.20 bits per heavy atom. The van der Waals surface area contributed by atoms with Crippen molar-refractivity contribution in [1.82, 2.24) is 0 Å². The largest absolute Gasteiger partial charge is 0.465 e. The molecule has 10 atom stereocenters. The van der Waals surface area contributed by atoms with Crippen LogP contribution in [0, 0.1) is 35.0 Å². The average molecular weight is 487 g/mol. The third-order valence-corrected chi connectivity index (χ3v) is 9.22. The summed E-state index contributed by atoms with van der Waals surface area (Å²) in [7, 11) is 0. The zero-order valence-corrected chi connectivity index (χ0v) is 23.1. The molecule has 0 aromatic carbocycles. The van der Waals surface area contributed by atoms with Gasteiger partial charge in [0, 0.05) is 11.8 Å². The number of hydrogen-bond acceptors (Lipinski definition) is 5. The van der Waals surface area contributed by atoms with E-state index in [1.807, 2.05) is 40.7 Å². The summed E-state index contributed by atoms with van der Waals surface area (Å²) in [6.07, 6.45) is 11.0. The number of esters is 1. The predicted molar refractivity (Wildman–Crippen MR) is 138 cm³/mol. The predicted octanol–water partition coefficient (Wildman–Crippen LogP) is 5.63. The number of aliphatic hydroxyl groups excluding tert-OH is 1. The number of fused-ring (bicyclic) bond motifs is 4. The number of allylic oxidation sites excluding steroid dienone is 4. The number of epoxide rings is 2. The normalized spacial score (nSPS) is 42.6. The van der Waals surface area contributed by atoms with Crippen molar-refractivity contribution < 1.29 is 24.1 Å². The molecule has 2 aliphatic heterocycles. The van der Waals surface area contributed by atoms with Crippen molar-refractivity contribution in [2.45, 2.75) is 105 Å². The average Bonchev–Trinajstić information content (AvgIpc) is 3.66. The Morgan fingerprint density at radius 3 is 2.51 bits per heavy atom. The fraction of sp³-hybridized carbons (Fsp3) is 0.767. The first kappa shape index (κ1) is 26.6. The molecule has 2 saturated carbocycles. The molecule has 0 aromatic heterocycles. The van der Waals surface area contributed by atoms with E-state index in [4.69, 9.17) is 14.2 Å². The van der Waals surface area contributed by atoms with Crippen LogP contribution in [-0.2, 0) is 19.0 Å². The molecule has 1 N–H and O–H groups in total. The van der Waals surface area contributed by atoms with Gasteiger partial charge in [-0.15, -0.1) is 0 Å². The van der Waals surface area contributed by atoms with E-state index in [0.717, 1.165) is 18.4 Å². The molecular weight excluding hydrogens is 440 g/mol. The monoisotopic (exact) mass is 486 g/mol. The lowest BCUT2D eigenvalue weighted by Gasteiger charge is -2.45. The van der Waals surface area contributed by atoms with Crippen LogP contribution in [0.15, 0.2) is 35.5 Å². The Balaban J connectivity index is 1.48. The minimum Gasteiger partial charge on any atom is -0.465 e. The van der Waals surface area contributed by atoms with Gasteiger partial charge in [-0.25, -0.2) is 0 Å². The quantitative estimate of drug-likeness (QED) is 0.219. The number of carbonyl (C=O) groups excluding carboxylic acids is 1. The highest BCUT2D eigenvalue weighted by atomic mass is 16.6. The molecule has 5 heteroatoms. The molecule has 0 amide bonds. The Kier molecular flexibility index (Phi) is 6.96. The van der Waals surface area contributed by atoms with Gasteiger partial charge >= 0.3 is 5.97 Å². The molecule has 196 valence electrons. The van der Waals surface area contributed by atoms with Crippen LogP contribution in [0.2, 0.25) is 0 Å². The van der Waals surface area contributed by atoms with Crippen LogP contribution in [0.5, 0.6) is 0 Å². The SMILES string of the molecule is C/C=C(\C)[C@H]1[C@@H](/C=C/C=C(\C)[C@@H](O)[C@@H](C)COC(=O)C(C)(C)C)[C@@H]2C[C@@H]3O[C@]3(C)C[C@H]2[C@@H]2O[C@@]21C. The Labute approximate surface area is 212 Å². The summed E-state index contributed by atoms with van der Waals surface area (Å²) >= 11 is 0. The second-order valence-corrected chi connectivity index (χ2v) is 13.1. The van der Waals surface area contributed by atoms with Gasteiger partial charge in [0.25, 0.3) is 0 Å². The van der Waals surface area contributed by atoms with E-state index in [-0.39, 0.29) is 29.7 Å². The van der Waals surface area contributed by atoms with Crippen LogP contribution in [0.4, 0.5) is 0 Å². The molecule has 4 fully saturated rings. The maximum Gasteiger partial charge on any atom is 0.311 e. The van der Waals surface area contributed by atoms with Gasteiger partial charge in [0.1, 0.15) is 0 Å². The smallest absolute Gasteiger partial charge is 0.311 e. The lowest BCUT2D eigenvalue weighted by Crippen LogP contribution is -2.48. The third-order valence-electron chi connectivity index (χ3n) is 9.22. The lowest BCUT2D eigenvalue weighted by molar-refractivity contribution is -0.155. The molecule has 5 nitrogen and oxygen atoms in total. The molecule has 4 rings (SSSR count). The fourth-order valence-corrected chi connectivity index (χ4v) is 6.80. The van der Waals surface area contributed by atoms with Crippen molar-refractivity contribution >= 4 is 5.97 Å². The highest BCUT2D eigenvalue weighted by Crippen LogP contribution is 2.67. The lowest BCUT2D eigenvalue weighted by atomic mass is 9.55. The van der Waals surface area contributed by atoms with Crippen LogP contribution >= 0.6 is 0 Å². The summed E-state index contributed by atoms with van der Waals surface area (Å²) in [5, 5.41) is 10.8. The first-order valence-corrected chi connectivity index (χ1v) is 13.4. The Bertz CT molecular complexity index is 926. The molecule has 2 heterocycles. The molecule has 2 saturated heterocycles. The Hall–Kier alpha value is -1.43. The molecule has 0 unspecified atom stereocenters. The second-order valence-electron chi connectivity index (χ2n) is 13.1. The van der Waals surface area contributed by atoms with Crippen LogP contribution in [-0.4, -0.2) is 47.2 Å². The minimum atomic E-state index is -0.663. The van der Waals surface area contributed by atoms with E-state index >= 15 is 0 Å². The first-order chi connectivity index (χ1) is 16.2. The molecule has 0 radical (unpaired) electrons.